The van der Waals surface area contributed by atoms with Gasteiger partial charge in [0.25, 0.3) is 0 Å². The largest absolute Gasteiger partial charge is 0.103 e. The van der Waals surface area contributed by atoms with Crippen LogP contribution in [0.5, 0.6) is 0 Å². The zero-order valence-corrected chi connectivity index (χ0v) is 13.7. The Morgan fingerprint density at radius 3 is 1.86 bits per heavy atom. The fourth-order valence-electron chi connectivity index (χ4n) is 4.51. The number of hydrogen-bond donors (Lipinski definition) is 0. The lowest BCUT2D eigenvalue weighted by atomic mass is 9.68. The lowest BCUT2D eigenvalue weighted by molar-refractivity contribution is 0.171. The van der Waals surface area contributed by atoms with Crippen molar-refractivity contribution in [3.63, 3.8) is 0 Å². The first-order valence-corrected chi connectivity index (χ1v) is 9.02. The van der Waals surface area contributed by atoms with Gasteiger partial charge in [0.15, 0.2) is 0 Å². The van der Waals surface area contributed by atoms with Crippen LogP contribution in [0.4, 0.5) is 0 Å². The molecule has 1 aromatic carbocycles. The molecule has 114 valence electrons. The normalized spacial score (nSPS) is 33.6. The second-order valence-electron chi connectivity index (χ2n) is 7.07. The third kappa shape index (κ3) is 3.72. The Balaban J connectivity index is 1.51. The highest BCUT2D eigenvalue weighted by molar-refractivity contribution is 6.30. The van der Waals surface area contributed by atoms with Crippen LogP contribution in [0.2, 0.25) is 5.02 Å². The Bertz CT molecular complexity index is 445. The van der Waals surface area contributed by atoms with E-state index < -0.39 is 0 Å². The minimum absolute atomic E-state index is 0.767. The van der Waals surface area contributed by atoms with Crippen LogP contribution in [0, 0.1) is 17.8 Å². The molecule has 1 aromatic rings. The first kappa shape index (κ1) is 15.2. The molecule has 0 bridgehead atoms. The summed E-state index contributed by atoms with van der Waals surface area (Å²) in [6, 6.07) is 8.53. The molecule has 0 aliphatic heterocycles. The summed E-state index contributed by atoms with van der Waals surface area (Å²) in [4.78, 5) is 0. The van der Waals surface area contributed by atoms with E-state index in [1.54, 1.807) is 0 Å². The summed E-state index contributed by atoms with van der Waals surface area (Å²) in [5, 5.41) is 0.853. The van der Waals surface area contributed by atoms with Gasteiger partial charge in [0.1, 0.15) is 0 Å². The molecule has 2 fully saturated rings. The molecule has 21 heavy (non-hydrogen) atoms. The maximum atomic E-state index is 5.99. The Morgan fingerprint density at radius 2 is 1.33 bits per heavy atom. The molecule has 0 aromatic heterocycles. The molecule has 2 aliphatic carbocycles. The van der Waals surface area contributed by atoms with Gasteiger partial charge in [0.2, 0.25) is 0 Å². The Kier molecular flexibility index (Phi) is 5.06. The van der Waals surface area contributed by atoms with Crippen molar-refractivity contribution in [3.8, 4) is 0 Å². The van der Waals surface area contributed by atoms with Gasteiger partial charge in [0, 0.05) is 5.02 Å². The van der Waals surface area contributed by atoms with E-state index in [9.17, 15) is 0 Å². The molecule has 2 saturated carbocycles. The number of rotatable bonds is 3. The standard InChI is InChI=1S/C20H27Cl/c1-2-15-3-5-16(6-4-15)17-7-9-18(10-8-17)19-11-13-20(21)14-12-19/h2,11-18H,1,3-10H2/t15-,16-,17?,18?. The molecule has 0 amide bonds. The number of hydrogen-bond acceptors (Lipinski definition) is 0. The van der Waals surface area contributed by atoms with Crippen molar-refractivity contribution in [2.24, 2.45) is 17.8 Å². The smallest absolute Gasteiger partial charge is 0.0406 e. The predicted molar refractivity (Wildman–Crippen MR) is 91.8 cm³/mol. The van der Waals surface area contributed by atoms with Gasteiger partial charge in [0.05, 0.1) is 0 Å². The second-order valence-corrected chi connectivity index (χ2v) is 7.51. The molecule has 3 rings (SSSR count). The predicted octanol–water partition coefficient (Wildman–Crippen LogP) is 6.61. The minimum Gasteiger partial charge on any atom is -0.103 e. The topological polar surface area (TPSA) is 0 Å². The second kappa shape index (κ2) is 7.01. The highest BCUT2D eigenvalue weighted by Crippen LogP contribution is 2.44. The monoisotopic (exact) mass is 302 g/mol. The van der Waals surface area contributed by atoms with E-state index in [0.29, 0.717) is 0 Å². The molecule has 0 nitrogen and oxygen atoms in total. The van der Waals surface area contributed by atoms with Crippen LogP contribution >= 0.6 is 11.6 Å². The van der Waals surface area contributed by atoms with Crippen molar-refractivity contribution in [1.29, 1.82) is 0 Å². The van der Waals surface area contributed by atoms with Gasteiger partial charge in [-0.1, -0.05) is 29.8 Å². The van der Waals surface area contributed by atoms with Crippen LogP contribution in [0.3, 0.4) is 0 Å². The van der Waals surface area contributed by atoms with Crippen molar-refractivity contribution in [2.75, 3.05) is 0 Å². The van der Waals surface area contributed by atoms with E-state index in [1.807, 2.05) is 12.1 Å². The highest BCUT2D eigenvalue weighted by atomic mass is 35.5. The highest BCUT2D eigenvalue weighted by Gasteiger charge is 2.30. The van der Waals surface area contributed by atoms with Crippen LogP contribution < -0.4 is 0 Å². The maximum Gasteiger partial charge on any atom is 0.0406 e. The molecule has 0 N–H and O–H groups in total. The summed E-state index contributed by atoms with van der Waals surface area (Å²) in [6.07, 6.45) is 13.4. The van der Waals surface area contributed by atoms with E-state index in [0.717, 1.165) is 28.7 Å². The van der Waals surface area contributed by atoms with Crippen LogP contribution in [0.25, 0.3) is 0 Å². The minimum atomic E-state index is 0.767. The van der Waals surface area contributed by atoms with E-state index in [1.165, 1.54) is 56.9 Å². The van der Waals surface area contributed by atoms with Gasteiger partial charge in [-0.25, -0.2) is 0 Å². The molecule has 0 unspecified atom stereocenters. The average molecular weight is 303 g/mol. The van der Waals surface area contributed by atoms with Crippen molar-refractivity contribution in [3.05, 3.63) is 47.5 Å². The summed E-state index contributed by atoms with van der Waals surface area (Å²) in [5.41, 5.74) is 1.49. The lowest BCUT2D eigenvalue weighted by Crippen LogP contribution is -2.25. The van der Waals surface area contributed by atoms with Crippen LogP contribution in [-0.4, -0.2) is 0 Å². The zero-order valence-electron chi connectivity index (χ0n) is 12.9. The average Bonchev–Trinajstić information content (AvgIpc) is 2.56. The van der Waals surface area contributed by atoms with E-state index >= 15 is 0 Å². The first-order valence-electron chi connectivity index (χ1n) is 8.64. The number of halogens is 1. The van der Waals surface area contributed by atoms with Crippen molar-refractivity contribution in [2.45, 2.75) is 57.3 Å². The van der Waals surface area contributed by atoms with Gasteiger partial charge in [-0.3, -0.25) is 0 Å². The summed E-state index contributed by atoms with van der Waals surface area (Å²) in [7, 11) is 0. The van der Waals surface area contributed by atoms with E-state index in [2.05, 4.69) is 24.8 Å². The number of benzene rings is 1. The molecule has 0 saturated heterocycles. The molecular formula is C20H27Cl. The molecule has 0 radical (unpaired) electrons. The Hall–Kier alpha value is -0.750. The van der Waals surface area contributed by atoms with Gasteiger partial charge in [-0.2, -0.15) is 0 Å². The Morgan fingerprint density at radius 1 is 0.810 bits per heavy atom. The third-order valence-electron chi connectivity index (χ3n) is 5.93. The number of allylic oxidation sites excluding steroid dienone is 1. The van der Waals surface area contributed by atoms with Crippen LogP contribution in [0.15, 0.2) is 36.9 Å². The zero-order chi connectivity index (χ0) is 14.7. The molecular weight excluding hydrogens is 276 g/mol. The van der Waals surface area contributed by atoms with Gasteiger partial charge >= 0.3 is 0 Å². The first-order chi connectivity index (χ1) is 10.3. The maximum absolute atomic E-state index is 5.99. The Labute approximate surface area is 134 Å². The van der Waals surface area contributed by atoms with Gasteiger partial charge < -0.3 is 0 Å². The molecule has 0 heterocycles. The van der Waals surface area contributed by atoms with E-state index in [-0.39, 0.29) is 0 Å². The molecule has 1 heteroatoms. The molecule has 0 atom stereocenters. The summed E-state index contributed by atoms with van der Waals surface area (Å²) in [5.74, 6) is 3.54. The third-order valence-corrected chi connectivity index (χ3v) is 6.18. The van der Waals surface area contributed by atoms with Crippen molar-refractivity contribution < 1.29 is 0 Å². The quantitative estimate of drug-likeness (QED) is 0.551. The van der Waals surface area contributed by atoms with Crippen molar-refractivity contribution in [1.82, 2.24) is 0 Å². The fraction of sp³-hybridized carbons (Fsp3) is 0.600. The van der Waals surface area contributed by atoms with E-state index in [4.69, 9.17) is 11.6 Å². The van der Waals surface area contributed by atoms with Gasteiger partial charge in [-0.05, 0) is 92.7 Å². The van der Waals surface area contributed by atoms with Crippen molar-refractivity contribution >= 4 is 11.6 Å². The van der Waals surface area contributed by atoms with Gasteiger partial charge in [-0.15, -0.1) is 6.58 Å². The SMILES string of the molecule is C=C[C@H]1CC[C@H](C2CCC(c3ccc(Cl)cc3)CC2)CC1. The summed E-state index contributed by atoms with van der Waals surface area (Å²) >= 11 is 5.99. The molecule has 0 spiro atoms. The summed E-state index contributed by atoms with van der Waals surface area (Å²) < 4.78 is 0. The van der Waals surface area contributed by atoms with Crippen LogP contribution in [0.1, 0.15) is 62.8 Å². The lowest BCUT2D eigenvalue weighted by Gasteiger charge is -2.37. The fourth-order valence-corrected chi connectivity index (χ4v) is 4.64. The van der Waals surface area contributed by atoms with Crippen LogP contribution in [-0.2, 0) is 0 Å². The summed E-state index contributed by atoms with van der Waals surface area (Å²) in [6.45, 7) is 3.96. The molecule has 2 aliphatic rings.